The maximum absolute atomic E-state index is 13.6. The van der Waals surface area contributed by atoms with Crippen LogP contribution in [0.4, 0.5) is 14.5 Å². The van der Waals surface area contributed by atoms with Crippen LogP contribution in [0.2, 0.25) is 0 Å². The predicted molar refractivity (Wildman–Crippen MR) is 124 cm³/mol. The van der Waals surface area contributed by atoms with Crippen molar-refractivity contribution in [2.24, 2.45) is 0 Å². The maximum atomic E-state index is 13.6. The molecule has 0 saturated heterocycles. The van der Waals surface area contributed by atoms with E-state index in [4.69, 9.17) is 0 Å². The Hall–Kier alpha value is -3.79. The fourth-order valence-corrected chi connectivity index (χ4v) is 4.12. The molecule has 0 bridgehead atoms. The zero-order valence-corrected chi connectivity index (χ0v) is 19.3. The van der Waals surface area contributed by atoms with E-state index in [1.807, 2.05) is 0 Å². The molecule has 0 atom stereocenters. The molecule has 0 unspecified atom stereocenters. The largest absolute Gasteiger partial charge is 0.350 e. The molecular weight excluding hydrogens is 464 g/mol. The maximum Gasteiger partial charge on any atom is 0.261 e. The number of rotatable bonds is 8. The van der Waals surface area contributed by atoms with Crippen molar-refractivity contribution in [2.75, 3.05) is 17.8 Å². The second-order valence-electron chi connectivity index (χ2n) is 7.57. The first-order valence-corrected chi connectivity index (χ1v) is 11.8. The number of amides is 2. The van der Waals surface area contributed by atoms with Crippen molar-refractivity contribution in [3.8, 4) is 0 Å². The van der Waals surface area contributed by atoms with Crippen molar-refractivity contribution in [1.29, 1.82) is 0 Å². The summed E-state index contributed by atoms with van der Waals surface area (Å²) in [6, 6.07) is 13.4. The first-order chi connectivity index (χ1) is 16.1. The van der Waals surface area contributed by atoms with Crippen LogP contribution in [0.15, 0.2) is 65.6 Å². The van der Waals surface area contributed by atoms with Crippen molar-refractivity contribution in [3.63, 3.8) is 0 Å². The third-order valence-electron chi connectivity index (χ3n) is 4.97. The smallest absolute Gasteiger partial charge is 0.261 e. The van der Waals surface area contributed by atoms with Gasteiger partial charge in [0.25, 0.3) is 21.8 Å². The normalized spacial score (nSPS) is 11.1. The highest BCUT2D eigenvalue weighted by Gasteiger charge is 2.16. The molecule has 2 amide bonds. The Morgan fingerprint density at radius 3 is 1.91 bits per heavy atom. The van der Waals surface area contributed by atoms with Crippen molar-refractivity contribution < 1.29 is 26.8 Å². The summed E-state index contributed by atoms with van der Waals surface area (Å²) in [6.45, 7) is 3.34. The third kappa shape index (κ3) is 6.16. The van der Waals surface area contributed by atoms with E-state index in [0.29, 0.717) is 5.56 Å². The molecule has 10 heteroatoms. The quantitative estimate of drug-likeness (QED) is 0.423. The molecule has 3 N–H and O–H groups in total. The number of sulfonamides is 1. The molecule has 0 spiro atoms. The highest BCUT2D eigenvalue weighted by atomic mass is 32.2. The minimum atomic E-state index is -3.92. The van der Waals surface area contributed by atoms with Crippen LogP contribution in [0.25, 0.3) is 0 Å². The number of benzene rings is 3. The fourth-order valence-electron chi connectivity index (χ4n) is 2.98. The summed E-state index contributed by atoms with van der Waals surface area (Å²) in [5.41, 5.74) is 1.34. The summed E-state index contributed by atoms with van der Waals surface area (Å²) in [5.74, 6) is -1.85. The van der Waals surface area contributed by atoms with E-state index in [0.717, 1.165) is 12.1 Å². The van der Waals surface area contributed by atoms with Gasteiger partial charge in [-0.05, 0) is 79.6 Å². The van der Waals surface area contributed by atoms with E-state index in [2.05, 4.69) is 15.4 Å². The van der Waals surface area contributed by atoms with Gasteiger partial charge < -0.3 is 10.6 Å². The lowest BCUT2D eigenvalue weighted by atomic mass is 10.1. The average Bonchev–Trinajstić information content (AvgIpc) is 2.80. The monoisotopic (exact) mass is 487 g/mol. The molecule has 178 valence electrons. The van der Waals surface area contributed by atoms with E-state index >= 15 is 0 Å². The Labute approximate surface area is 196 Å². The second kappa shape index (κ2) is 10.4. The van der Waals surface area contributed by atoms with Crippen LogP contribution in [-0.4, -0.2) is 33.3 Å². The van der Waals surface area contributed by atoms with E-state index < -0.39 is 33.5 Å². The molecule has 0 heterocycles. The molecule has 0 radical (unpaired) electrons. The zero-order valence-electron chi connectivity index (χ0n) is 18.5. The molecule has 0 aliphatic rings. The zero-order chi connectivity index (χ0) is 24.9. The van der Waals surface area contributed by atoms with Gasteiger partial charge in [0.05, 0.1) is 4.90 Å². The number of hydrogen-bond donors (Lipinski definition) is 3. The van der Waals surface area contributed by atoms with Gasteiger partial charge in [-0.2, -0.15) is 0 Å². The number of nitrogens with one attached hydrogen (secondary N) is 3. The summed E-state index contributed by atoms with van der Waals surface area (Å²) < 4.78 is 54.3. The Balaban J connectivity index is 1.51. The van der Waals surface area contributed by atoms with Crippen molar-refractivity contribution in [3.05, 3.63) is 94.6 Å². The van der Waals surface area contributed by atoms with Crippen molar-refractivity contribution in [1.82, 2.24) is 10.6 Å². The van der Waals surface area contributed by atoms with E-state index in [-0.39, 0.29) is 40.4 Å². The van der Waals surface area contributed by atoms with Gasteiger partial charge in [-0.1, -0.05) is 6.07 Å². The van der Waals surface area contributed by atoms with Gasteiger partial charge in [-0.25, -0.2) is 17.2 Å². The lowest BCUT2D eigenvalue weighted by Gasteiger charge is -2.10. The van der Waals surface area contributed by atoms with Gasteiger partial charge in [0, 0.05) is 29.9 Å². The molecule has 7 nitrogen and oxygen atoms in total. The summed E-state index contributed by atoms with van der Waals surface area (Å²) in [7, 11) is -3.92. The summed E-state index contributed by atoms with van der Waals surface area (Å²) in [6.07, 6.45) is 0. The molecule has 3 rings (SSSR count). The van der Waals surface area contributed by atoms with Crippen molar-refractivity contribution in [2.45, 2.75) is 18.7 Å². The van der Waals surface area contributed by atoms with Crippen LogP contribution < -0.4 is 15.4 Å². The van der Waals surface area contributed by atoms with E-state index in [9.17, 15) is 26.8 Å². The lowest BCUT2D eigenvalue weighted by molar-refractivity contribution is 0.0927. The van der Waals surface area contributed by atoms with Crippen molar-refractivity contribution >= 4 is 27.5 Å². The topological polar surface area (TPSA) is 104 Å². The number of carbonyl (C=O) groups is 2. The molecule has 3 aromatic carbocycles. The molecule has 34 heavy (non-hydrogen) atoms. The standard InChI is InChI=1S/C24H23F2N3O4S/c1-15-3-4-18(14-22(15)26)24(31)28-12-11-27-23(30)17-5-7-19(8-6-17)29-34(32,33)20-9-10-21(25)16(2)13-20/h3-10,13-14,29H,11-12H2,1-2H3,(H,27,30)(H,28,31). The molecule has 0 saturated carbocycles. The minimum Gasteiger partial charge on any atom is -0.350 e. The van der Waals surface area contributed by atoms with Crippen LogP contribution in [0, 0.1) is 25.5 Å². The number of carbonyl (C=O) groups excluding carboxylic acids is 2. The summed E-state index contributed by atoms with van der Waals surface area (Å²) in [5, 5.41) is 5.22. The third-order valence-corrected chi connectivity index (χ3v) is 6.35. The average molecular weight is 488 g/mol. The van der Waals surface area contributed by atoms with Gasteiger partial charge in [-0.3, -0.25) is 14.3 Å². The van der Waals surface area contributed by atoms with Crippen LogP contribution >= 0.6 is 0 Å². The van der Waals surface area contributed by atoms with Gasteiger partial charge in [0.2, 0.25) is 0 Å². The van der Waals surface area contributed by atoms with Crippen LogP contribution in [-0.2, 0) is 10.0 Å². The van der Waals surface area contributed by atoms with E-state index in [1.165, 1.54) is 55.5 Å². The molecule has 0 fully saturated rings. The predicted octanol–water partition coefficient (Wildman–Crippen LogP) is 3.54. The van der Waals surface area contributed by atoms with Crippen LogP contribution in [0.3, 0.4) is 0 Å². The Kier molecular flexibility index (Phi) is 7.62. The van der Waals surface area contributed by atoms with Gasteiger partial charge in [0.1, 0.15) is 11.6 Å². The van der Waals surface area contributed by atoms with Gasteiger partial charge in [-0.15, -0.1) is 0 Å². The Morgan fingerprint density at radius 2 is 1.32 bits per heavy atom. The number of halogens is 2. The first kappa shape index (κ1) is 24.8. The fraction of sp³-hybridized carbons (Fsp3) is 0.167. The lowest BCUT2D eigenvalue weighted by Crippen LogP contribution is -2.34. The molecule has 3 aromatic rings. The number of hydrogen-bond acceptors (Lipinski definition) is 4. The highest BCUT2D eigenvalue weighted by molar-refractivity contribution is 7.92. The molecule has 0 aliphatic carbocycles. The second-order valence-corrected chi connectivity index (χ2v) is 9.25. The van der Waals surface area contributed by atoms with E-state index in [1.54, 1.807) is 6.92 Å². The Morgan fingerprint density at radius 1 is 0.735 bits per heavy atom. The van der Waals surface area contributed by atoms with Crippen LogP contribution in [0.1, 0.15) is 31.8 Å². The first-order valence-electron chi connectivity index (χ1n) is 10.3. The molecular formula is C24H23F2N3O4S. The number of anilines is 1. The number of aryl methyl sites for hydroxylation is 2. The van der Waals surface area contributed by atoms with Gasteiger partial charge in [0.15, 0.2) is 0 Å². The molecule has 0 aromatic heterocycles. The van der Waals surface area contributed by atoms with Gasteiger partial charge >= 0.3 is 0 Å². The minimum absolute atomic E-state index is 0.0800. The summed E-state index contributed by atoms with van der Waals surface area (Å²) >= 11 is 0. The highest BCUT2D eigenvalue weighted by Crippen LogP contribution is 2.19. The van der Waals surface area contributed by atoms with Crippen LogP contribution in [0.5, 0.6) is 0 Å². The SMILES string of the molecule is Cc1cc(S(=O)(=O)Nc2ccc(C(=O)NCCNC(=O)c3ccc(C)c(F)c3)cc2)ccc1F. The Bertz CT molecular complexity index is 1330. The summed E-state index contributed by atoms with van der Waals surface area (Å²) in [4.78, 5) is 24.2. The molecule has 0 aliphatic heterocycles.